The fraction of sp³-hybridized carbons (Fsp3) is 0.348. The van der Waals surface area contributed by atoms with Crippen LogP contribution in [0.2, 0.25) is 0 Å². The van der Waals surface area contributed by atoms with Crippen LogP contribution in [0.4, 0.5) is 0 Å². The molecule has 0 amide bonds. The summed E-state index contributed by atoms with van der Waals surface area (Å²) < 4.78 is 0. The minimum Gasteiger partial charge on any atom is -0.480 e. The van der Waals surface area contributed by atoms with Gasteiger partial charge in [0.25, 0.3) is 0 Å². The van der Waals surface area contributed by atoms with E-state index < -0.39 is 36.0 Å². The zero-order chi connectivity index (χ0) is 23.2. The number of carbonyl (C=O) groups is 3. The third kappa shape index (κ3) is 10.9. The van der Waals surface area contributed by atoms with Gasteiger partial charge in [-0.3, -0.25) is 19.7 Å². The van der Waals surface area contributed by atoms with Crippen LogP contribution >= 0.6 is 0 Å². The van der Waals surface area contributed by atoms with E-state index in [1.54, 1.807) is 0 Å². The number of aryl methyl sites for hydroxylation is 2. The van der Waals surface area contributed by atoms with Crippen LogP contribution < -0.4 is 11.1 Å². The molecular weight excluding hydrogens is 400 g/mol. The molecule has 0 radical (unpaired) electrons. The lowest BCUT2D eigenvalue weighted by atomic mass is 10.0. The molecule has 0 fully saturated rings. The number of nitrogens with one attached hydrogen (secondary N) is 1. The van der Waals surface area contributed by atoms with Crippen LogP contribution in [0, 0.1) is 0 Å². The average Bonchev–Trinajstić information content (AvgIpc) is 2.76. The molecule has 3 atom stereocenters. The van der Waals surface area contributed by atoms with Gasteiger partial charge in [-0.15, -0.1) is 0 Å². The van der Waals surface area contributed by atoms with Crippen molar-refractivity contribution >= 4 is 17.9 Å². The molecule has 6 N–H and O–H groups in total. The maximum Gasteiger partial charge on any atom is 0.320 e. The van der Waals surface area contributed by atoms with Crippen molar-refractivity contribution in [3.63, 3.8) is 0 Å². The minimum absolute atomic E-state index is 0.358. The van der Waals surface area contributed by atoms with E-state index in [1.165, 1.54) is 6.92 Å². The van der Waals surface area contributed by atoms with Crippen molar-refractivity contribution in [2.45, 2.75) is 50.7 Å². The van der Waals surface area contributed by atoms with E-state index in [2.05, 4.69) is 5.32 Å². The van der Waals surface area contributed by atoms with Gasteiger partial charge in [-0.25, -0.2) is 0 Å². The fourth-order valence-corrected chi connectivity index (χ4v) is 2.70. The Hall–Kier alpha value is -3.23. The van der Waals surface area contributed by atoms with E-state index in [0.29, 0.717) is 25.7 Å². The predicted molar refractivity (Wildman–Crippen MR) is 117 cm³/mol. The van der Waals surface area contributed by atoms with E-state index in [4.69, 9.17) is 21.1 Å². The van der Waals surface area contributed by atoms with Crippen molar-refractivity contribution in [1.82, 2.24) is 5.32 Å². The summed E-state index contributed by atoms with van der Waals surface area (Å²) in [5.41, 5.74) is 7.52. The first-order valence-electron chi connectivity index (χ1n) is 9.98. The second-order valence-electron chi connectivity index (χ2n) is 7.11. The van der Waals surface area contributed by atoms with Gasteiger partial charge in [0.15, 0.2) is 0 Å². The number of hydrogen-bond donors (Lipinski definition) is 5. The van der Waals surface area contributed by atoms with Gasteiger partial charge in [0.05, 0.1) is 0 Å². The Kier molecular flexibility index (Phi) is 11.6. The van der Waals surface area contributed by atoms with Crippen LogP contribution in [-0.4, -0.2) is 51.4 Å². The quantitative estimate of drug-likeness (QED) is 0.364. The Morgan fingerprint density at radius 2 is 1.23 bits per heavy atom. The summed E-state index contributed by atoms with van der Waals surface area (Å²) in [6.07, 6.45) is 2.15. The molecular formula is C23H30N2O6. The molecule has 2 aromatic carbocycles. The highest BCUT2D eigenvalue weighted by atomic mass is 16.4. The average molecular weight is 431 g/mol. The topological polar surface area (TPSA) is 150 Å². The Balaban J connectivity index is 0.000000327. The predicted octanol–water partition coefficient (Wildman–Crippen LogP) is 2.17. The molecule has 0 aliphatic rings. The SMILES string of the molecule is C[C@@H](N[C@@H](CCc1ccccc1)C(=O)O)C(=O)O.N[C@@H](CCc1ccccc1)C(=O)O. The maximum atomic E-state index is 11.0. The smallest absolute Gasteiger partial charge is 0.320 e. The van der Waals surface area contributed by atoms with Crippen LogP contribution in [0.15, 0.2) is 60.7 Å². The minimum atomic E-state index is -1.05. The Bertz CT molecular complexity index is 813. The van der Waals surface area contributed by atoms with Crippen LogP contribution in [0.1, 0.15) is 30.9 Å². The molecule has 0 bridgehead atoms. The normalized spacial score (nSPS) is 13.2. The highest BCUT2D eigenvalue weighted by molar-refractivity contribution is 5.77. The summed E-state index contributed by atoms with van der Waals surface area (Å²) in [6, 6.07) is 16.8. The van der Waals surface area contributed by atoms with Gasteiger partial charge in [-0.2, -0.15) is 0 Å². The zero-order valence-electron chi connectivity index (χ0n) is 17.5. The van der Waals surface area contributed by atoms with Crippen molar-refractivity contribution < 1.29 is 29.7 Å². The van der Waals surface area contributed by atoms with Crippen LogP contribution in [0.5, 0.6) is 0 Å². The summed E-state index contributed by atoms with van der Waals surface area (Å²) in [5, 5.41) is 28.9. The largest absolute Gasteiger partial charge is 0.480 e. The molecule has 2 aromatic rings. The first-order chi connectivity index (χ1) is 14.7. The lowest BCUT2D eigenvalue weighted by Gasteiger charge is -2.17. The standard InChI is InChI=1S/C13H17NO4.C10H13NO2/c1-9(12(15)16)14-11(13(17)18)8-7-10-5-3-2-4-6-10;11-9(10(12)13)7-6-8-4-2-1-3-5-8/h2-6,9,11,14H,7-8H2,1H3,(H,15,16)(H,17,18);1-5,9H,6-7,11H2,(H,12,13)/t9-,11+;9-/m10/s1. The molecule has 0 saturated carbocycles. The fourth-order valence-electron chi connectivity index (χ4n) is 2.70. The third-order valence-electron chi connectivity index (χ3n) is 4.59. The van der Waals surface area contributed by atoms with Crippen LogP contribution in [0.3, 0.4) is 0 Å². The van der Waals surface area contributed by atoms with Crippen LogP contribution in [0.25, 0.3) is 0 Å². The summed E-state index contributed by atoms with van der Waals surface area (Å²) in [6.45, 7) is 1.43. The molecule has 31 heavy (non-hydrogen) atoms. The van der Waals surface area contributed by atoms with Gasteiger partial charge in [0, 0.05) is 0 Å². The van der Waals surface area contributed by atoms with E-state index >= 15 is 0 Å². The van der Waals surface area contributed by atoms with E-state index in [9.17, 15) is 14.4 Å². The molecule has 2 rings (SSSR count). The number of carboxylic acids is 3. The molecule has 0 saturated heterocycles. The lowest BCUT2D eigenvalue weighted by molar-refractivity contribution is -0.142. The van der Waals surface area contributed by atoms with Crippen molar-refractivity contribution in [2.75, 3.05) is 0 Å². The maximum absolute atomic E-state index is 11.0. The molecule has 0 spiro atoms. The number of rotatable bonds is 11. The number of benzene rings is 2. The summed E-state index contributed by atoms with van der Waals surface area (Å²) in [4.78, 5) is 32.1. The first kappa shape index (κ1) is 25.8. The van der Waals surface area contributed by atoms with Gasteiger partial charge in [-0.1, -0.05) is 60.7 Å². The van der Waals surface area contributed by atoms with Crippen molar-refractivity contribution in [1.29, 1.82) is 0 Å². The van der Waals surface area contributed by atoms with Crippen molar-refractivity contribution in [3.8, 4) is 0 Å². The number of hydrogen-bond acceptors (Lipinski definition) is 5. The number of aliphatic carboxylic acids is 3. The summed E-state index contributed by atoms with van der Waals surface area (Å²) >= 11 is 0. The van der Waals surface area contributed by atoms with E-state index in [1.807, 2.05) is 60.7 Å². The highest BCUT2D eigenvalue weighted by Gasteiger charge is 2.22. The summed E-state index contributed by atoms with van der Waals surface area (Å²) in [5.74, 6) is -3.02. The van der Waals surface area contributed by atoms with E-state index in [-0.39, 0.29) is 0 Å². The molecule has 8 nitrogen and oxygen atoms in total. The Labute approximate surface area is 181 Å². The Morgan fingerprint density at radius 3 is 1.61 bits per heavy atom. The monoisotopic (exact) mass is 430 g/mol. The van der Waals surface area contributed by atoms with Gasteiger partial charge >= 0.3 is 17.9 Å². The zero-order valence-corrected chi connectivity index (χ0v) is 17.5. The first-order valence-corrected chi connectivity index (χ1v) is 9.98. The second-order valence-corrected chi connectivity index (χ2v) is 7.11. The second kappa shape index (κ2) is 13.9. The number of nitrogens with two attached hydrogens (primary N) is 1. The molecule has 0 aliphatic carbocycles. The highest BCUT2D eigenvalue weighted by Crippen LogP contribution is 2.06. The summed E-state index contributed by atoms with van der Waals surface area (Å²) in [7, 11) is 0. The van der Waals surface area contributed by atoms with Crippen LogP contribution in [-0.2, 0) is 27.2 Å². The van der Waals surface area contributed by atoms with E-state index in [0.717, 1.165) is 11.1 Å². The van der Waals surface area contributed by atoms with Gasteiger partial charge < -0.3 is 21.1 Å². The molecule has 0 aliphatic heterocycles. The van der Waals surface area contributed by atoms with Gasteiger partial charge in [0.2, 0.25) is 0 Å². The Morgan fingerprint density at radius 1 is 0.774 bits per heavy atom. The molecule has 0 unspecified atom stereocenters. The van der Waals surface area contributed by atoms with Gasteiger partial charge in [0.1, 0.15) is 18.1 Å². The lowest BCUT2D eigenvalue weighted by Crippen LogP contribution is -2.45. The van der Waals surface area contributed by atoms with Gasteiger partial charge in [-0.05, 0) is 43.7 Å². The molecule has 8 heteroatoms. The molecule has 0 aromatic heterocycles. The van der Waals surface area contributed by atoms with Crippen molar-refractivity contribution in [3.05, 3.63) is 71.8 Å². The third-order valence-corrected chi connectivity index (χ3v) is 4.59. The van der Waals surface area contributed by atoms with Crippen molar-refractivity contribution in [2.24, 2.45) is 5.73 Å². The number of carboxylic acid groups (broad SMARTS) is 3. The molecule has 0 heterocycles. The molecule has 168 valence electrons.